The number of hydrogen-bond donors (Lipinski definition) is 5. The van der Waals surface area contributed by atoms with E-state index in [0.29, 0.717) is 35.6 Å². The van der Waals surface area contributed by atoms with Crippen LogP contribution in [-0.2, 0) is 4.79 Å². The van der Waals surface area contributed by atoms with Crippen LogP contribution < -0.4 is 32.2 Å². The third-order valence-electron chi connectivity index (χ3n) is 5.18. The third-order valence-corrected chi connectivity index (χ3v) is 5.18. The van der Waals surface area contributed by atoms with Gasteiger partial charge in [-0.3, -0.25) is 4.79 Å². The first-order chi connectivity index (χ1) is 13.9. The summed E-state index contributed by atoms with van der Waals surface area (Å²) in [7, 11) is 1.55. The number of methoxy groups -OCH3 is 1. The van der Waals surface area contributed by atoms with Gasteiger partial charge in [-0.1, -0.05) is 25.3 Å². The van der Waals surface area contributed by atoms with Gasteiger partial charge < -0.3 is 32.2 Å². The second kappa shape index (κ2) is 8.95. The molecule has 0 saturated heterocycles. The summed E-state index contributed by atoms with van der Waals surface area (Å²) in [6, 6.07) is 3.50. The van der Waals surface area contributed by atoms with Crippen molar-refractivity contribution in [1.82, 2.24) is 15.6 Å². The Morgan fingerprint density at radius 2 is 2.10 bits per heavy atom. The molecule has 29 heavy (non-hydrogen) atoms. The number of ether oxygens (including phenoxy) is 1. The highest BCUT2D eigenvalue weighted by atomic mass is 16.5. The molecule has 1 aliphatic carbocycles. The second-order valence-electron chi connectivity index (χ2n) is 7.37. The number of carbonyl (C=O) groups is 1. The summed E-state index contributed by atoms with van der Waals surface area (Å²) < 4.78 is 5.08. The summed E-state index contributed by atoms with van der Waals surface area (Å²) in [5, 5.41) is 9.56. The number of nitrogens with one attached hydrogen (secondary N) is 3. The fourth-order valence-electron chi connectivity index (χ4n) is 3.56. The molecule has 2 heterocycles. The lowest BCUT2D eigenvalue weighted by Gasteiger charge is -2.34. The summed E-state index contributed by atoms with van der Waals surface area (Å²) in [5.74, 6) is 0.765. The highest BCUT2D eigenvalue weighted by Gasteiger charge is 2.29. The first-order valence-electron chi connectivity index (χ1n) is 9.80. The molecule has 0 radical (unpaired) electrons. The Kier molecular flexibility index (Phi) is 6.38. The van der Waals surface area contributed by atoms with Crippen molar-refractivity contribution in [2.45, 2.75) is 44.6 Å². The number of nitrogens with zero attached hydrogens (tertiary/aromatic N) is 2. The van der Waals surface area contributed by atoms with E-state index < -0.39 is 5.91 Å². The van der Waals surface area contributed by atoms with Crippen molar-refractivity contribution < 1.29 is 9.53 Å². The van der Waals surface area contributed by atoms with E-state index >= 15 is 0 Å². The van der Waals surface area contributed by atoms with Crippen molar-refractivity contribution in [3.05, 3.63) is 41.5 Å². The van der Waals surface area contributed by atoms with E-state index in [0.717, 1.165) is 25.7 Å². The molecule has 0 aromatic carbocycles. The van der Waals surface area contributed by atoms with Crippen molar-refractivity contribution in [3.63, 3.8) is 0 Å². The highest BCUT2D eigenvalue weighted by Crippen LogP contribution is 2.26. The Bertz CT molecular complexity index is 837. The maximum Gasteiger partial charge on any atom is 0.254 e. The number of primary amides is 1. The molecule has 0 unspecified atom stereocenters. The molecule has 0 atom stereocenters. The molecule has 1 aromatic rings. The predicted molar refractivity (Wildman–Crippen MR) is 113 cm³/mol. The van der Waals surface area contributed by atoms with Crippen LogP contribution in [0.25, 0.3) is 0 Å². The first-order valence-corrected chi connectivity index (χ1v) is 9.80. The number of pyridine rings is 1. The standard InChI is InChI=1S/C20H29N7O2/c1-3-14-16(17(21)28)18(25-13-7-8-15(29-2)23-11-13)27-19(26-14)24-12-20(22)9-5-4-6-10-20/h3,7-8,11,25H,4-6,9-10,12,22H2,1-2H3,(H2,21,28)(H2,24,26,27). The summed E-state index contributed by atoms with van der Waals surface area (Å²) in [5.41, 5.74) is 13.4. The van der Waals surface area contributed by atoms with E-state index in [4.69, 9.17) is 16.2 Å². The van der Waals surface area contributed by atoms with E-state index in [1.807, 2.05) is 6.92 Å². The lowest BCUT2D eigenvalue weighted by atomic mass is 9.82. The topological polar surface area (TPSA) is 140 Å². The molecule has 1 amide bonds. The van der Waals surface area contributed by atoms with Crippen molar-refractivity contribution in [1.29, 1.82) is 0 Å². The normalized spacial score (nSPS) is 20.0. The maximum absolute atomic E-state index is 12.1. The van der Waals surface area contributed by atoms with Crippen LogP contribution in [0.2, 0.25) is 0 Å². The number of aliphatic imine (C=N–C) groups is 1. The summed E-state index contributed by atoms with van der Waals surface area (Å²) in [6.45, 7) is 2.42. The lowest BCUT2D eigenvalue weighted by Crippen LogP contribution is -2.54. The van der Waals surface area contributed by atoms with Crippen LogP contribution in [0.3, 0.4) is 0 Å². The van der Waals surface area contributed by atoms with Gasteiger partial charge in [0.15, 0.2) is 0 Å². The van der Waals surface area contributed by atoms with Crippen LogP contribution in [0.1, 0.15) is 39.0 Å². The molecule has 1 aromatic heterocycles. The van der Waals surface area contributed by atoms with Crippen LogP contribution >= 0.6 is 0 Å². The highest BCUT2D eigenvalue weighted by molar-refractivity contribution is 6.01. The van der Waals surface area contributed by atoms with Crippen LogP contribution in [0.5, 0.6) is 5.88 Å². The average Bonchev–Trinajstić information content (AvgIpc) is 2.72. The van der Waals surface area contributed by atoms with Gasteiger partial charge >= 0.3 is 0 Å². The van der Waals surface area contributed by atoms with Crippen molar-refractivity contribution in [2.24, 2.45) is 16.5 Å². The number of aromatic nitrogens is 1. The predicted octanol–water partition coefficient (Wildman–Crippen LogP) is 1.31. The Balaban J connectivity index is 1.84. The quantitative estimate of drug-likeness (QED) is 0.486. The fraction of sp³-hybridized carbons (Fsp3) is 0.450. The van der Waals surface area contributed by atoms with Gasteiger partial charge in [-0.15, -0.1) is 0 Å². The van der Waals surface area contributed by atoms with E-state index in [2.05, 4.69) is 25.9 Å². The molecule has 1 saturated carbocycles. The minimum atomic E-state index is -0.583. The monoisotopic (exact) mass is 399 g/mol. The summed E-state index contributed by atoms with van der Waals surface area (Å²) >= 11 is 0. The molecule has 0 spiro atoms. The Morgan fingerprint density at radius 3 is 2.69 bits per heavy atom. The van der Waals surface area contributed by atoms with Gasteiger partial charge in [0, 0.05) is 18.2 Å². The number of guanidine groups is 1. The zero-order valence-electron chi connectivity index (χ0n) is 16.9. The van der Waals surface area contributed by atoms with Crippen LogP contribution in [0.4, 0.5) is 5.69 Å². The third kappa shape index (κ3) is 5.05. The van der Waals surface area contributed by atoms with Gasteiger partial charge in [0.1, 0.15) is 11.4 Å². The molecule has 9 nitrogen and oxygen atoms in total. The minimum absolute atomic E-state index is 0.250. The van der Waals surface area contributed by atoms with Gasteiger partial charge in [-0.2, -0.15) is 4.99 Å². The maximum atomic E-state index is 12.1. The molecule has 156 valence electrons. The minimum Gasteiger partial charge on any atom is -0.481 e. The van der Waals surface area contributed by atoms with Crippen LogP contribution in [-0.4, -0.2) is 36.0 Å². The van der Waals surface area contributed by atoms with Crippen molar-refractivity contribution >= 4 is 17.6 Å². The molecular weight excluding hydrogens is 370 g/mol. The molecule has 0 bridgehead atoms. The SMILES string of the molecule is CC=C1NC(NCC2(N)CCCCC2)=NC(Nc2ccc(OC)nc2)=C1C(N)=O. The first kappa shape index (κ1) is 20.7. The smallest absolute Gasteiger partial charge is 0.254 e. The molecule has 3 rings (SSSR count). The van der Waals surface area contributed by atoms with Gasteiger partial charge in [0.05, 0.1) is 24.7 Å². The zero-order valence-corrected chi connectivity index (χ0v) is 16.9. The molecule has 2 aliphatic rings. The number of anilines is 1. The van der Waals surface area contributed by atoms with E-state index in [1.165, 1.54) is 6.42 Å². The number of allylic oxidation sites excluding steroid dienone is 1. The number of amides is 1. The van der Waals surface area contributed by atoms with Gasteiger partial charge in [-0.05, 0) is 25.8 Å². The largest absolute Gasteiger partial charge is 0.481 e. The van der Waals surface area contributed by atoms with E-state index in [1.54, 1.807) is 31.5 Å². The van der Waals surface area contributed by atoms with Crippen LogP contribution in [0.15, 0.2) is 46.5 Å². The van der Waals surface area contributed by atoms with Gasteiger partial charge in [-0.25, -0.2) is 4.98 Å². The molecule has 9 heteroatoms. The van der Waals surface area contributed by atoms with E-state index in [-0.39, 0.29) is 11.1 Å². The fourth-order valence-corrected chi connectivity index (χ4v) is 3.56. The summed E-state index contributed by atoms with van der Waals surface area (Å²) in [4.78, 5) is 20.8. The second-order valence-corrected chi connectivity index (χ2v) is 7.37. The number of rotatable bonds is 6. The van der Waals surface area contributed by atoms with E-state index in [9.17, 15) is 4.79 Å². The Morgan fingerprint density at radius 1 is 1.34 bits per heavy atom. The van der Waals surface area contributed by atoms with Gasteiger partial charge in [0.25, 0.3) is 5.91 Å². The lowest BCUT2D eigenvalue weighted by molar-refractivity contribution is -0.114. The number of nitrogens with two attached hydrogens (primary N) is 2. The molecule has 1 fully saturated rings. The zero-order chi connectivity index (χ0) is 20.9. The number of hydrogen-bond acceptors (Lipinski definition) is 8. The number of carbonyl (C=O) groups excluding carboxylic acids is 1. The van der Waals surface area contributed by atoms with Crippen molar-refractivity contribution in [2.75, 3.05) is 19.0 Å². The van der Waals surface area contributed by atoms with Crippen molar-refractivity contribution in [3.8, 4) is 5.88 Å². The Hall–Kier alpha value is -3.07. The molecule has 1 aliphatic heterocycles. The molecule has 7 N–H and O–H groups in total. The average molecular weight is 399 g/mol. The summed E-state index contributed by atoms with van der Waals surface area (Å²) in [6.07, 6.45) is 8.85. The Labute approximate surface area is 170 Å². The van der Waals surface area contributed by atoms with Gasteiger partial charge in [0.2, 0.25) is 11.8 Å². The molecular formula is C20H29N7O2. The van der Waals surface area contributed by atoms with Crippen LogP contribution in [0, 0.1) is 0 Å².